The number of nitrogens with two attached hydrogens (primary N) is 1. The van der Waals surface area contributed by atoms with Gasteiger partial charge in [0.15, 0.2) is 11.5 Å². The summed E-state index contributed by atoms with van der Waals surface area (Å²) in [7, 11) is 3.26. The van der Waals surface area contributed by atoms with Crippen LogP contribution in [0.1, 0.15) is 29.9 Å². The van der Waals surface area contributed by atoms with Crippen LogP contribution in [0.4, 0.5) is 5.69 Å². The minimum Gasteiger partial charge on any atom is -0.493 e. The van der Waals surface area contributed by atoms with E-state index in [0.29, 0.717) is 17.1 Å². The van der Waals surface area contributed by atoms with Crippen molar-refractivity contribution in [3.05, 3.63) is 41.7 Å². The Morgan fingerprint density at radius 3 is 2.45 bits per heavy atom. The Morgan fingerprint density at radius 1 is 1.30 bits per heavy atom. The molecule has 0 saturated heterocycles. The van der Waals surface area contributed by atoms with Gasteiger partial charge >= 0.3 is 0 Å². The molecule has 5 heteroatoms. The van der Waals surface area contributed by atoms with Gasteiger partial charge in [-0.1, -0.05) is 12.1 Å². The third-order valence-corrected chi connectivity index (χ3v) is 3.54. The van der Waals surface area contributed by atoms with E-state index in [0.717, 1.165) is 5.56 Å². The molecule has 20 heavy (non-hydrogen) atoms. The number of ether oxygens (including phenoxy) is 1. The predicted molar refractivity (Wildman–Crippen MR) is 78.0 cm³/mol. The Kier molecular flexibility index (Phi) is 3.53. The van der Waals surface area contributed by atoms with E-state index in [2.05, 4.69) is 5.10 Å². The second-order valence-electron chi connectivity index (χ2n) is 5.26. The first-order valence-electron chi connectivity index (χ1n) is 6.34. The van der Waals surface area contributed by atoms with E-state index in [1.807, 2.05) is 26.0 Å². The number of nitrogens with zero attached hydrogens (tertiary/aromatic N) is 2. The van der Waals surface area contributed by atoms with Crippen LogP contribution in [-0.4, -0.2) is 22.7 Å². The molecule has 2 rings (SSSR count). The summed E-state index contributed by atoms with van der Waals surface area (Å²) < 4.78 is 6.76. The molecule has 0 saturated carbocycles. The number of aromatic nitrogens is 2. The fraction of sp³-hybridized carbons (Fsp3) is 0.333. The molecule has 2 aromatic rings. The van der Waals surface area contributed by atoms with Gasteiger partial charge in [-0.2, -0.15) is 5.10 Å². The lowest BCUT2D eigenvalue weighted by Gasteiger charge is -2.24. The van der Waals surface area contributed by atoms with Gasteiger partial charge in [-0.3, -0.25) is 9.48 Å². The molecule has 0 radical (unpaired) electrons. The van der Waals surface area contributed by atoms with Crippen molar-refractivity contribution in [2.75, 3.05) is 12.8 Å². The van der Waals surface area contributed by atoms with Gasteiger partial charge in [-0.15, -0.1) is 0 Å². The molecule has 0 amide bonds. The zero-order chi connectivity index (χ0) is 14.9. The molecule has 0 unspecified atom stereocenters. The molecule has 0 fully saturated rings. The van der Waals surface area contributed by atoms with E-state index >= 15 is 0 Å². The number of carbonyl (C=O) groups is 1. The van der Waals surface area contributed by atoms with Crippen molar-refractivity contribution in [1.29, 1.82) is 0 Å². The number of anilines is 1. The minimum absolute atomic E-state index is 0.0425. The SMILES string of the molecule is COc1cnn(C)c1C(=O)C(C)(C)c1ccc(N)cc1. The van der Waals surface area contributed by atoms with E-state index in [4.69, 9.17) is 10.5 Å². The van der Waals surface area contributed by atoms with Crippen molar-refractivity contribution in [2.24, 2.45) is 7.05 Å². The van der Waals surface area contributed by atoms with Crippen LogP contribution in [0, 0.1) is 0 Å². The minimum atomic E-state index is -0.686. The Balaban J connectivity index is 2.45. The molecule has 1 aromatic heterocycles. The third kappa shape index (κ3) is 2.27. The largest absolute Gasteiger partial charge is 0.493 e. The lowest BCUT2D eigenvalue weighted by molar-refractivity contribution is 0.0895. The Bertz CT molecular complexity index is 627. The molecule has 2 N–H and O–H groups in total. The van der Waals surface area contributed by atoms with Gasteiger partial charge in [0.25, 0.3) is 0 Å². The summed E-state index contributed by atoms with van der Waals surface area (Å²) in [5.74, 6) is 0.445. The molecule has 0 atom stereocenters. The first-order valence-corrected chi connectivity index (χ1v) is 6.34. The molecule has 0 spiro atoms. The van der Waals surface area contributed by atoms with Crippen LogP contribution in [0.3, 0.4) is 0 Å². The van der Waals surface area contributed by atoms with Crippen molar-refractivity contribution in [3.8, 4) is 5.75 Å². The molecular weight excluding hydrogens is 254 g/mol. The number of rotatable bonds is 4. The number of benzene rings is 1. The second kappa shape index (κ2) is 5.00. The molecule has 1 aromatic carbocycles. The molecule has 0 aliphatic carbocycles. The first-order chi connectivity index (χ1) is 9.37. The molecule has 0 bridgehead atoms. The van der Waals surface area contributed by atoms with Crippen molar-refractivity contribution in [3.63, 3.8) is 0 Å². The van der Waals surface area contributed by atoms with Crippen LogP contribution < -0.4 is 10.5 Å². The highest BCUT2D eigenvalue weighted by Gasteiger charge is 2.34. The standard InChI is InChI=1S/C15H19N3O2/c1-15(2,10-5-7-11(16)8-6-10)14(19)13-12(20-4)9-17-18(13)3/h5-9H,16H2,1-4H3. The molecule has 5 nitrogen and oxygen atoms in total. The summed E-state index contributed by atoms with van der Waals surface area (Å²) in [6, 6.07) is 7.34. The quantitative estimate of drug-likeness (QED) is 0.684. The van der Waals surface area contributed by atoms with E-state index in [-0.39, 0.29) is 5.78 Å². The Morgan fingerprint density at radius 2 is 1.90 bits per heavy atom. The number of Topliss-reactive ketones (excluding diaryl/α,β-unsaturated/α-hetero) is 1. The van der Waals surface area contributed by atoms with Crippen molar-refractivity contribution in [2.45, 2.75) is 19.3 Å². The zero-order valence-electron chi connectivity index (χ0n) is 12.2. The maximum atomic E-state index is 12.8. The topological polar surface area (TPSA) is 70.1 Å². The highest BCUT2D eigenvalue weighted by Crippen LogP contribution is 2.31. The van der Waals surface area contributed by atoms with Gasteiger partial charge in [0.05, 0.1) is 18.7 Å². The molecule has 1 heterocycles. The number of ketones is 1. The fourth-order valence-corrected chi connectivity index (χ4v) is 2.15. The van der Waals surface area contributed by atoms with Gasteiger partial charge in [0, 0.05) is 12.7 Å². The number of hydrogen-bond donors (Lipinski definition) is 1. The fourth-order valence-electron chi connectivity index (χ4n) is 2.15. The highest BCUT2D eigenvalue weighted by atomic mass is 16.5. The van der Waals surface area contributed by atoms with E-state index in [1.54, 1.807) is 30.1 Å². The lowest BCUT2D eigenvalue weighted by atomic mass is 9.79. The van der Waals surface area contributed by atoms with Crippen LogP contribution in [0.25, 0.3) is 0 Å². The molecule has 0 aliphatic heterocycles. The van der Waals surface area contributed by atoms with E-state index in [9.17, 15) is 4.79 Å². The van der Waals surface area contributed by atoms with Gasteiger partial charge in [0.2, 0.25) is 0 Å². The number of aryl methyl sites for hydroxylation is 1. The van der Waals surface area contributed by atoms with Crippen molar-refractivity contribution >= 4 is 11.5 Å². The second-order valence-corrected chi connectivity index (χ2v) is 5.26. The number of nitrogen functional groups attached to an aromatic ring is 1. The zero-order valence-corrected chi connectivity index (χ0v) is 12.2. The maximum absolute atomic E-state index is 12.8. The van der Waals surface area contributed by atoms with Crippen LogP contribution in [-0.2, 0) is 12.5 Å². The monoisotopic (exact) mass is 273 g/mol. The van der Waals surface area contributed by atoms with Crippen LogP contribution in [0.15, 0.2) is 30.5 Å². The van der Waals surface area contributed by atoms with Crippen LogP contribution in [0.2, 0.25) is 0 Å². The van der Waals surface area contributed by atoms with Crippen molar-refractivity contribution < 1.29 is 9.53 Å². The Labute approximate surface area is 118 Å². The smallest absolute Gasteiger partial charge is 0.194 e. The Hall–Kier alpha value is -2.30. The summed E-state index contributed by atoms with van der Waals surface area (Å²) in [6.07, 6.45) is 1.55. The predicted octanol–water partition coefficient (Wildman–Crippen LogP) is 2.17. The normalized spacial score (nSPS) is 11.4. The summed E-state index contributed by atoms with van der Waals surface area (Å²) in [5, 5.41) is 4.08. The van der Waals surface area contributed by atoms with Gasteiger partial charge < -0.3 is 10.5 Å². The molecule has 0 aliphatic rings. The van der Waals surface area contributed by atoms with Gasteiger partial charge in [-0.05, 0) is 31.5 Å². The van der Waals surface area contributed by atoms with E-state index in [1.165, 1.54) is 7.11 Å². The summed E-state index contributed by atoms with van der Waals surface area (Å²) in [4.78, 5) is 12.8. The average Bonchev–Trinajstić information content (AvgIpc) is 2.79. The van der Waals surface area contributed by atoms with Crippen LogP contribution in [0.5, 0.6) is 5.75 Å². The van der Waals surface area contributed by atoms with Gasteiger partial charge in [-0.25, -0.2) is 0 Å². The summed E-state index contributed by atoms with van der Waals surface area (Å²) >= 11 is 0. The molecular formula is C15H19N3O2. The van der Waals surface area contributed by atoms with E-state index < -0.39 is 5.41 Å². The third-order valence-electron chi connectivity index (χ3n) is 3.54. The number of hydrogen-bond acceptors (Lipinski definition) is 4. The average molecular weight is 273 g/mol. The lowest BCUT2D eigenvalue weighted by Crippen LogP contribution is -2.31. The molecule has 106 valence electrons. The van der Waals surface area contributed by atoms with Gasteiger partial charge in [0.1, 0.15) is 5.69 Å². The maximum Gasteiger partial charge on any atom is 0.194 e. The highest BCUT2D eigenvalue weighted by molar-refractivity contribution is 6.04. The first kappa shape index (κ1) is 14.1. The number of methoxy groups -OCH3 is 1. The van der Waals surface area contributed by atoms with Crippen LogP contribution >= 0.6 is 0 Å². The van der Waals surface area contributed by atoms with Crippen molar-refractivity contribution in [1.82, 2.24) is 9.78 Å². The summed E-state index contributed by atoms with van der Waals surface area (Å²) in [5.41, 5.74) is 7.05. The number of carbonyl (C=O) groups excluding carboxylic acids is 1. The summed E-state index contributed by atoms with van der Waals surface area (Å²) in [6.45, 7) is 3.76.